The van der Waals surface area contributed by atoms with Crippen LogP contribution in [0.25, 0.3) is 0 Å². The molecule has 1 heterocycles. The molecule has 0 spiro atoms. The highest BCUT2D eigenvalue weighted by Gasteiger charge is 2.15. The molecule has 0 unspecified atom stereocenters. The van der Waals surface area contributed by atoms with Gasteiger partial charge in [0, 0.05) is 11.3 Å². The highest BCUT2D eigenvalue weighted by atomic mass is 32.2. The molecule has 16 heavy (non-hydrogen) atoms. The van der Waals surface area contributed by atoms with Crippen LogP contribution in [0.1, 0.15) is 31.5 Å². The van der Waals surface area contributed by atoms with Crippen molar-refractivity contribution >= 4 is 15.8 Å². The van der Waals surface area contributed by atoms with E-state index in [1.165, 1.54) is 0 Å². The number of hydrogen-bond donors (Lipinski definition) is 2. The van der Waals surface area contributed by atoms with Gasteiger partial charge < -0.3 is 0 Å². The number of anilines is 1. The highest BCUT2D eigenvalue weighted by Crippen LogP contribution is 2.16. The van der Waals surface area contributed by atoms with E-state index in [1.807, 2.05) is 27.7 Å². The number of aromatic nitrogens is 2. The molecule has 0 bridgehead atoms. The quantitative estimate of drug-likeness (QED) is 0.830. The summed E-state index contributed by atoms with van der Waals surface area (Å²) < 4.78 is 25.9. The third-order valence-electron chi connectivity index (χ3n) is 2.47. The van der Waals surface area contributed by atoms with Crippen molar-refractivity contribution in [3.05, 3.63) is 11.3 Å². The second-order valence-corrected chi connectivity index (χ2v) is 6.27. The Morgan fingerprint density at radius 2 is 2.00 bits per heavy atom. The van der Waals surface area contributed by atoms with E-state index < -0.39 is 10.0 Å². The van der Waals surface area contributed by atoms with Gasteiger partial charge in [0.05, 0.1) is 5.75 Å². The van der Waals surface area contributed by atoms with Crippen molar-refractivity contribution < 1.29 is 8.42 Å². The molecule has 0 amide bonds. The largest absolute Gasteiger partial charge is 0.280 e. The second kappa shape index (κ2) is 4.86. The average Bonchev–Trinajstić information content (AvgIpc) is 2.46. The predicted molar refractivity (Wildman–Crippen MR) is 64.9 cm³/mol. The van der Waals surface area contributed by atoms with E-state index in [0.29, 0.717) is 18.2 Å². The summed E-state index contributed by atoms with van der Waals surface area (Å²) in [5, 5.41) is 6.66. The monoisotopic (exact) mass is 245 g/mol. The molecule has 1 rings (SSSR count). The molecule has 2 N–H and O–H groups in total. The maximum Gasteiger partial charge on any atom is 0.233 e. The summed E-state index contributed by atoms with van der Waals surface area (Å²) in [5.74, 6) is 0.913. The van der Waals surface area contributed by atoms with Crippen LogP contribution in [0.15, 0.2) is 0 Å². The van der Waals surface area contributed by atoms with Crippen molar-refractivity contribution in [2.75, 3.05) is 10.5 Å². The lowest BCUT2D eigenvalue weighted by atomic mass is 10.2. The molecule has 0 aliphatic rings. The molecular weight excluding hydrogens is 226 g/mol. The summed E-state index contributed by atoms with van der Waals surface area (Å²) in [6, 6.07) is 0. The number of aromatic amines is 1. The Bertz CT molecular complexity index is 449. The van der Waals surface area contributed by atoms with Crippen molar-refractivity contribution in [3.8, 4) is 0 Å². The maximum absolute atomic E-state index is 11.7. The minimum Gasteiger partial charge on any atom is -0.280 e. The maximum atomic E-state index is 11.7. The number of sulfonamides is 1. The summed E-state index contributed by atoms with van der Waals surface area (Å²) in [6.07, 6.45) is 0.651. The van der Waals surface area contributed by atoms with Gasteiger partial charge in [-0.25, -0.2) is 8.42 Å². The molecule has 0 saturated carbocycles. The van der Waals surface area contributed by atoms with E-state index >= 15 is 0 Å². The minimum atomic E-state index is -3.27. The van der Waals surface area contributed by atoms with Crippen LogP contribution in [0.4, 0.5) is 5.82 Å². The van der Waals surface area contributed by atoms with E-state index in [0.717, 1.165) is 11.3 Å². The third kappa shape index (κ3) is 3.52. The fraction of sp³-hybridized carbons (Fsp3) is 0.700. The normalized spacial score (nSPS) is 12.1. The summed E-state index contributed by atoms with van der Waals surface area (Å²) >= 11 is 0. The Morgan fingerprint density at radius 1 is 1.38 bits per heavy atom. The zero-order valence-electron chi connectivity index (χ0n) is 10.2. The molecule has 0 radical (unpaired) electrons. The first-order valence-electron chi connectivity index (χ1n) is 5.34. The first-order chi connectivity index (χ1) is 7.32. The number of nitrogens with one attached hydrogen (secondary N) is 2. The van der Waals surface area contributed by atoms with Gasteiger partial charge in [0.25, 0.3) is 0 Å². The van der Waals surface area contributed by atoms with Crippen molar-refractivity contribution in [2.24, 2.45) is 5.92 Å². The Hall–Kier alpha value is -1.04. The van der Waals surface area contributed by atoms with Gasteiger partial charge in [0.1, 0.15) is 0 Å². The van der Waals surface area contributed by atoms with Gasteiger partial charge in [-0.15, -0.1) is 0 Å². The number of rotatable bonds is 5. The van der Waals surface area contributed by atoms with E-state index in [4.69, 9.17) is 0 Å². The van der Waals surface area contributed by atoms with Crippen LogP contribution in [-0.2, 0) is 10.0 Å². The molecule has 0 aliphatic heterocycles. The Balaban J connectivity index is 2.70. The van der Waals surface area contributed by atoms with Crippen molar-refractivity contribution in [1.29, 1.82) is 0 Å². The smallest absolute Gasteiger partial charge is 0.233 e. The zero-order valence-corrected chi connectivity index (χ0v) is 11.0. The van der Waals surface area contributed by atoms with Crippen LogP contribution < -0.4 is 4.72 Å². The Kier molecular flexibility index (Phi) is 3.96. The van der Waals surface area contributed by atoms with E-state index in [2.05, 4.69) is 14.9 Å². The first kappa shape index (κ1) is 13.0. The van der Waals surface area contributed by atoms with E-state index in [9.17, 15) is 8.42 Å². The molecule has 1 aromatic rings. The third-order valence-corrected chi connectivity index (χ3v) is 3.75. The van der Waals surface area contributed by atoms with Gasteiger partial charge in [-0.05, 0) is 26.2 Å². The van der Waals surface area contributed by atoms with E-state index in [-0.39, 0.29) is 5.75 Å². The topological polar surface area (TPSA) is 74.8 Å². The van der Waals surface area contributed by atoms with Crippen molar-refractivity contribution in [2.45, 2.75) is 34.1 Å². The SMILES string of the molecule is Cc1[nH]nc(NS(=O)(=O)CCC(C)C)c1C. The molecule has 0 aliphatic carbocycles. The Morgan fingerprint density at radius 3 is 2.44 bits per heavy atom. The van der Waals surface area contributed by atoms with Crippen molar-refractivity contribution in [1.82, 2.24) is 10.2 Å². The number of H-pyrrole nitrogens is 1. The highest BCUT2D eigenvalue weighted by molar-refractivity contribution is 7.92. The second-order valence-electron chi connectivity index (χ2n) is 4.43. The molecular formula is C10H19N3O2S. The molecule has 1 aromatic heterocycles. The van der Waals surface area contributed by atoms with Gasteiger partial charge in [-0.2, -0.15) is 5.10 Å². The summed E-state index contributed by atoms with van der Waals surface area (Å²) in [6.45, 7) is 7.69. The molecule has 0 aromatic carbocycles. The first-order valence-corrected chi connectivity index (χ1v) is 6.99. The van der Waals surface area contributed by atoms with Crippen LogP contribution in [0.5, 0.6) is 0 Å². The van der Waals surface area contributed by atoms with Gasteiger partial charge >= 0.3 is 0 Å². The van der Waals surface area contributed by atoms with Crippen LogP contribution in [0.3, 0.4) is 0 Å². The lowest BCUT2D eigenvalue weighted by Gasteiger charge is -2.07. The molecule has 0 atom stereocenters. The molecule has 92 valence electrons. The summed E-state index contributed by atoms with van der Waals surface area (Å²) in [7, 11) is -3.27. The van der Waals surface area contributed by atoms with Gasteiger partial charge in [0.2, 0.25) is 10.0 Å². The van der Waals surface area contributed by atoms with Gasteiger partial charge in [0.15, 0.2) is 5.82 Å². The van der Waals surface area contributed by atoms with Crippen molar-refractivity contribution in [3.63, 3.8) is 0 Å². The minimum absolute atomic E-state index is 0.135. The molecule has 5 nitrogen and oxygen atoms in total. The number of nitrogens with zero attached hydrogens (tertiary/aromatic N) is 1. The average molecular weight is 245 g/mol. The number of aryl methyl sites for hydroxylation is 1. The standard InChI is InChI=1S/C10H19N3O2S/c1-7(2)5-6-16(14,15)13-10-8(3)9(4)11-12-10/h7H,5-6H2,1-4H3,(H2,11,12,13). The molecule has 6 heteroatoms. The fourth-order valence-electron chi connectivity index (χ4n) is 1.17. The zero-order chi connectivity index (χ0) is 12.3. The predicted octanol–water partition coefficient (Wildman–Crippen LogP) is 1.81. The lowest BCUT2D eigenvalue weighted by molar-refractivity contribution is 0.577. The number of hydrogen-bond acceptors (Lipinski definition) is 3. The summed E-state index contributed by atoms with van der Waals surface area (Å²) in [4.78, 5) is 0. The van der Waals surface area contributed by atoms with E-state index in [1.54, 1.807) is 0 Å². The van der Waals surface area contributed by atoms with Crippen LogP contribution in [0.2, 0.25) is 0 Å². The molecule has 0 fully saturated rings. The van der Waals surface area contributed by atoms with Gasteiger partial charge in [-0.3, -0.25) is 9.82 Å². The van der Waals surface area contributed by atoms with Crippen LogP contribution in [0, 0.1) is 19.8 Å². The Labute approximate surface area is 96.7 Å². The van der Waals surface area contributed by atoms with Crippen LogP contribution >= 0.6 is 0 Å². The molecule has 0 saturated heterocycles. The van der Waals surface area contributed by atoms with Crippen LogP contribution in [-0.4, -0.2) is 24.4 Å². The fourth-order valence-corrected chi connectivity index (χ4v) is 2.55. The summed E-state index contributed by atoms with van der Waals surface area (Å²) in [5.41, 5.74) is 1.72. The van der Waals surface area contributed by atoms with Gasteiger partial charge in [-0.1, -0.05) is 13.8 Å². The lowest BCUT2D eigenvalue weighted by Crippen LogP contribution is -2.18.